The predicted molar refractivity (Wildman–Crippen MR) is 86.1 cm³/mol. The molecule has 0 saturated heterocycles. The summed E-state index contributed by atoms with van der Waals surface area (Å²) in [4.78, 5) is 7.88. The van der Waals surface area contributed by atoms with Crippen molar-refractivity contribution in [2.45, 2.75) is 26.6 Å². The Labute approximate surface area is 128 Å². The molecule has 2 heterocycles. The largest absolute Gasteiger partial charge is 0.459 e. The molecule has 0 bridgehead atoms. The van der Waals surface area contributed by atoms with Gasteiger partial charge in [-0.25, -0.2) is 4.98 Å². The molecule has 0 atom stereocenters. The Morgan fingerprint density at radius 1 is 1.29 bits per heavy atom. The Kier molecular flexibility index (Phi) is 4.05. The number of furan rings is 1. The number of thiazole rings is 1. The van der Waals surface area contributed by atoms with Gasteiger partial charge in [0.2, 0.25) is 0 Å². The first-order chi connectivity index (χ1) is 10.2. The van der Waals surface area contributed by atoms with Crippen LogP contribution in [0.15, 0.2) is 34.2 Å². The second-order valence-corrected chi connectivity index (χ2v) is 6.18. The van der Waals surface area contributed by atoms with E-state index in [1.54, 1.807) is 11.3 Å². The third kappa shape index (κ3) is 2.85. The summed E-state index contributed by atoms with van der Waals surface area (Å²) >= 11 is 1.70. The highest BCUT2D eigenvalue weighted by Crippen LogP contribution is 2.27. The summed E-state index contributed by atoms with van der Waals surface area (Å²) in [6.07, 6.45) is 0. The maximum absolute atomic E-state index is 5.85. The summed E-state index contributed by atoms with van der Waals surface area (Å²) in [6, 6.07) is 8.11. The fourth-order valence-electron chi connectivity index (χ4n) is 2.54. The maximum atomic E-state index is 5.85. The van der Waals surface area contributed by atoms with Crippen LogP contribution in [-0.4, -0.2) is 16.9 Å². The monoisotopic (exact) mass is 301 g/mol. The Hall–Kier alpha value is -1.69. The fraction of sp³-hybridized carbons (Fsp3) is 0.312. The average Bonchev–Trinajstić information content (AvgIpc) is 3.04. The SMILES string of the molecule is Cc1ncsc1CN(C)Cc1c(CN)oc2ccccc12. The van der Waals surface area contributed by atoms with Crippen molar-refractivity contribution in [2.75, 3.05) is 7.05 Å². The summed E-state index contributed by atoms with van der Waals surface area (Å²) in [5.41, 5.74) is 10.9. The molecule has 0 radical (unpaired) electrons. The van der Waals surface area contributed by atoms with Crippen molar-refractivity contribution in [3.05, 3.63) is 51.7 Å². The Bertz CT molecular complexity index is 747. The van der Waals surface area contributed by atoms with E-state index in [9.17, 15) is 0 Å². The zero-order chi connectivity index (χ0) is 14.8. The molecule has 2 aromatic heterocycles. The normalized spacial score (nSPS) is 11.6. The summed E-state index contributed by atoms with van der Waals surface area (Å²) < 4.78 is 5.85. The third-order valence-electron chi connectivity index (χ3n) is 3.65. The van der Waals surface area contributed by atoms with E-state index >= 15 is 0 Å². The highest BCUT2D eigenvalue weighted by Gasteiger charge is 2.15. The van der Waals surface area contributed by atoms with Gasteiger partial charge in [-0.2, -0.15) is 0 Å². The second-order valence-electron chi connectivity index (χ2n) is 5.24. The lowest BCUT2D eigenvalue weighted by Crippen LogP contribution is -2.18. The van der Waals surface area contributed by atoms with Gasteiger partial charge in [-0.1, -0.05) is 18.2 Å². The molecule has 21 heavy (non-hydrogen) atoms. The molecular formula is C16H19N3OS. The van der Waals surface area contributed by atoms with E-state index in [4.69, 9.17) is 10.2 Å². The zero-order valence-corrected chi connectivity index (χ0v) is 13.1. The Balaban J connectivity index is 1.85. The van der Waals surface area contributed by atoms with Gasteiger partial charge < -0.3 is 10.2 Å². The standard InChI is InChI=1S/C16H19N3OS/c1-11-16(21-10-18-11)9-19(2)8-13-12-5-3-4-6-14(12)20-15(13)7-17/h3-6,10H,7-9,17H2,1-2H3. The lowest BCUT2D eigenvalue weighted by Gasteiger charge is -2.16. The van der Waals surface area contributed by atoms with Crippen molar-refractivity contribution in [3.63, 3.8) is 0 Å². The minimum absolute atomic E-state index is 0.428. The van der Waals surface area contributed by atoms with E-state index in [1.807, 2.05) is 23.7 Å². The van der Waals surface area contributed by atoms with Crippen LogP contribution in [0.3, 0.4) is 0 Å². The average molecular weight is 301 g/mol. The van der Waals surface area contributed by atoms with Gasteiger partial charge in [0, 0.05) is 28.9 Å². The highest BCUT2D eigenvalue weighted by atomic mass is 32.1. The smallest absolute Gasteiger partial charge is 0.134 e. The molecule has 0 unspecified atom stereocenters. The molecule has 110 valence electrons. The number of aromatic nitrogens is 1. The van der Waals surface area contributed by atoms with E-state index < -0.39 is 0 Å². The number of rotatable bonds is 5. The quantitative estimate of drug-likeness (QED) is 0.785. The topological polar surface area (TPSA) is 55.3 Å². The molecule has 0 amide bonds. The molecule has 0 fully saturated rings. The Morgan fingerprint density at radius 2 is 2.10 bits per heavy atom. The van der Waals surface area contributed by atoms with E-state index in [0.29, 0.717) is 6.54 Å². The number of benzene rings is 1. The molecule has 5 heteroatoms. The van der Waals surface area contributed by atoms with Crippen LogP contribution in [0.5, 0.6) is 0 Å². The lowest BCUT2D eigenvalue weighted by atomic mass is 10.1. The summed E-state index contributed by atoms with van der Waals surface area (Å²) in [5, 5.41) is 1.16. The predicted octanol–water partition coefficient (Wildman–Crippen LogP) is 3.29. The molecule has 2 N–H and O–H groups in total. The van der Waals surface area contributed by atoms with E-state index in [1.165, 1.54) is 10.4 Å². The number of nitrogens with two attached hydrogens (primary N) is 1. The maximum Gasteiger partial charge on any atom is 0.134 e. The van der Waals surface area contributed by atoms with Crippen LogP contribution in [0.1, 0.15) is 21.9 Å². The van der Waals surface area contributed by atoms with Gasteiger partial charge in [-0.15, -0.1) is 11.3 Å². The van der Waals surface area contributed by atoms with Gasteiger partial charge in [0.25, 0.3) is 0 Å². The van der Waals surface area contributed by atoms with Gasteiger partial charge >= 0.3 is 0 Å². The molecule has 0 aliphatic carbocycles. The van der Waals surface area contributed by atoms with Gasteiger partial charge in [0.1, 0.15) is 11.3 Å². The number of hydrogen-bond acceptors (Lipinski definition) is 5. The summed E-state index contributed by atoms with van der Waals surface area (Å²) in [5.74, 6) is 0.879. The van der Waals surface area contributed by atoms with Crippen LogP contribution in [0, 0.1) is 6.92 Å². The number of aryl methyl sites for hydroxylation is 1. The molecule has 3 aromatic rings. The molecule has 0 aliphatic heterocycles. The molecule has 3 rings (SSSR count). The highest BCUT2D eigenvalue weighted by molar-refractivity contribution is 7.09. The Morgan fingerprint density at radius 3 is 2.81 bits per heavy atom. The van der Waals surface area contributed by atoms with E-state index in [2.05, 4.69) is 29.9 Å². The van der Waals surface area contributed by atoms with Crippen LogP contribution in [-0.2, 0) is 19.6 Å². The second kappa shape index (κ2) is 5.97. The number of hydrogen-bond donors (Lipinski definition) is 1. The molecular weight excluding hydrogens is 282 g/mol. The van der Waals surface area contributed by atoms with Crippen LogP contribution in [0.4, 0.5) is 0 Å². The molecule has 0 aliphatic rings. The van der Waals surface area contributed by atoms with Crippen LogP contribution >= 0.6 is 11.3 Å². The first-order valence-electron chi connectivity index (χ1n) is 6.96. The molecule has 0 saturated carbocycles. The van der Waals surface area contributed by atoms with Crippen LogP contribution in [0.25, 0.3) is 11.0 Å². The number of nitrogens with zero attached hydrogens (tertiary/aromatic N) is 2. The van der Waals surface area contributed by atoms with Gasteiger partial charge in [0.05, 0.1) is 17.7 Å². The van der Waals surface area contributed by atoms with E-state index in [-0.39, 0.29) is 0 Å². The first kappa shape index (κ1) is 14.3. The number of para-hydroxylation sites is 1. The van der Waals surface area contributed by atoms with Gasteiger partial charge in [0.15, 0.2) is 0 Å². The van der Waals surface area contributed by atoms with Crippen LogP contribution in [0.2, 0.25) is 0 Å². The molecule has 4 nitrogen and oxygen atoms in total. The van der Waals surface area contributed by atoms with Crippen LogP contribution < -0.4 is 5.73 Å². The molecule has 0 spiro atoms. The van der Waals surface area contributed by atoms with Crippen molar-refractivity contribution in [1.29, 1.82) is 0 Å². The summed E-state index contributed by atoms with van der Waals surface area (Å²) in [6.45, 7) is 4.19. The zero-order valence-electron chi connectivity index (χ0n) is 12.3. The van der Waals surface area contributed by atoms with E-state index in [0.717, 1.165) is 35.5 Å². The third-order valence-corrected chi connectivity index (χ3v) is 4.57. The van der Waals surface area contributed by atoms with Crippen molar-refractivity contribution in [3.8, 4) is 0 Å². The van der Waals surface area contributed by atoms with Crippen molar-refractivity contribution < 1.29 is 4.42 Å². The van der Waals surface area contributed by atoms with Crippen molar-refractivity contribution in [1.82, 2.24) is 9.88 Å². The minimum Gasteiger partial charge on any atom is -0.459 e. The van der Waals surface area contributed by atoms with Crippen molar-refractivity contribution >= 4 is 22.3 Å². The lowest BCUT2D eigenvalue weighted by molar-refractivity contribution is 0.318. The van der Waals surface area contributed by atoms with Crippen molar-refractivity contribution in [2.24, 2.45) is 5.73 Å². The summed E-state index contributed by atoms with van der Waals surface area (Å²) in [7, 11) is 2.11. The fourth-order valence-corrected chi connectivity index (χ4v) is 3.39. The minimum atomic E-state index is 0.428. The first-order valence-corrected chi connectivity index (χ1v) is 7.84. The molecule has 1 aromatic carbocycles. The number of fused-ring (bicyclic) bond motifs is 1. The van der Waals surface area contributed by atoms with Gasteiger partial charge in [-0.3, -0.25) is 4.90 Å². The van der Waals surface area contributed by atoms with Gasteiger partial charge in [-0.05, 0) is 20.0 Å².